The van der Waals surface area contributed by atoms with E-state index in [0.29, 0.717) is 19.5 Å². The summed E-state index contributed by atoms with van der Waals surface area (Å²) in [5, 5.41) is 6.65. The minimum Gasteiger partial charge on any atom is -0.357 e. The summed E-state index contributed by atoms with van der Waals surface area (Å²) >= 11 is 0. The van der Waals surface area contributed by atoms with Crippen molar-refractivity contribution in [2.75, 3.05) is 19.6 Å². The molecule has 1 heterocycles. The number of likely N-dealkylation sites (tertiary alicyclic amines) is 1. The number of carbonyl (C=O) groups is 1. The van der Waals surface area contributed by atoms with Crippen LogP contribution in [0.15, 0.2) is 29.3 Å². The summed E-state index contributed by atoms with van der Waals surface area (Å²) in [6.45, 7) is 8.24. The second kappa shape index (κ2) is 9.96. The molecule has 0 aliphatic carbocycles. The number of benzene rings is 1. The van der Waals surface area contributed by atoms with Gasteiger partial charge in [0.1, 0.15) is 0 Å². The number of amides is 1. The zero-order valence-corrected chi connectivity index (χ0v) is 15.0. The van der Waals surface area contributed by atoms with E-state index in [1.807, 2.05) is 17.0 Å². The first kappa shape index (κ1) is 18.3. The average molecular weight is 330 g/mol. The summed E-state index contributed by atoms with van der Waals surface area (Å²) < 4.78 is 0. The van der Waals surface area contributed by atoms with E-state index in [1.165, 1.54) is 17.5 Å². The Kier molecular flexibility index (Phi) is 7.59. The van der Waals surface area contributed by atoms with E-state index in [-0.39, 0.29) is 5.91 Å². The van der Waals surface area contributed by atoms with Gasteiger partial charge >= 0.3 is 0 Å². The van der Waals surface area contributed by atoms with Crippen LogP contribution >= 0.6 is 0 Å². The van der Waals surface area contributed by atoms with E-state index < -0.39 is 0 Å². The fraction of sp³-hybridized carbons (Fsp3) is 0.579. The number of rotatable bonds is 8. The standard InChI is InChI=1S/C19H30N4O/c1-3-5-12-21-19(20-4-2)22-14-16-9-6-7-10-17(16)15-23-13-8-11-18(23)24/h6-7,9-10H,3-5,8,11-15H2,1-2H3,(H2,20,21,22). The largest absolute Gasteiger partial charge is 0.357 e. The quantitative estimate of drug-likeness (QED) is 0.438. The highest BCUT2D eigenvalue weighted by Crippen LogP contribution is 2.17. The van der Waals surface area contributed by atoms with Crippen LogP contribution in [0.2, 0.25) is 0 Å². The van der Waals surface area contributed by atoms with Crippen molar-refractivity contribution >= 4 is 11.9 Å². The average Bonchev–Trinajstić information content (AvgIpc) is 2.99. The summed E-state index contributed by atoms with van der Waals surface area (Å²) in [5.41, 5.74) is 2.38. The number of nitrogens with one attached hydrogen (secondary N) is 2. The molecular formula is C19H30N4O. The SMILES string of the molecule is CCCCNC(=NCc1ccccc1CN1CCCC1=O)NCC. The predicted molar refractivity (Wildman–Crippen MR) is 98.8 cm³/mol. The molecule has 1 aromatic carbocycles. The van der Waals surface area contributed by atoms with Gasteiger partial charge in [-0.15, -0.1) is 0 Å². The number of unbranched alkanes of at least 4 members (excludes halogenated alkanes) is 1. The predicted octanol–water partition coefficient (Wildman–Crippen LogP) is 2.66. The van der Waals surface area contributed by atoms with Crippen LogP contribution in [0, 0.1) is 0 Å². The molecule has 1 aromatic rings. The van der Waals surface area contributed by atoms with Crippen molar-refractivity contribution in [3.05, 3.63) is 35.4 Å². The molecule has 1 aliphatic heterocycles. The van der Waals surface area contributed by atoms with Gasteiger partial charge in [-0.3, -0.25) is 4.79 Å². The second-order valence-electron chi connectivity index (χ2n) is 6.16. The van der Waals surface area contributed by atoms with E-state index >= 15 is 0 Å². The number of hydrogen-bond donors (Lipinski definition) is 2. The van der Waals surface area contributed by atoms with Gasteiger partial charge in [0.25, 0.3) is 0 Å². The molecule has 24 heavy (non-hydrogen) atoms. The third-order valence-electron chi connectivity index (χ3n) is 4.23. The number of carbonyl (C=O) groups excluding carboxylic acids is 1. The van der Waals surface area contributed by atoms with Crippen molar-refractivity contribution in [3.63, 3.8) is 0 Å². The van der Waals surface area contributed by atoms with Crippen LogP contribution in [0.1, 0.15) is 50.7 Å². The lowest BCUT2D eigenvalue weighted by atomic mass is 10.1. The van der Waals surface area contributed by atoms with Crippen molar-refractivity contribution in [1.82, 2.24) is 15.5 Å². The molecular weight excluding hydrogens is 300 g/mol. The number of guanidine groups is 1. The molecule has 1 aliphatic rings. The first-order valence-electron chi connectivity index (χ1n) is 9.11. The van der Waals surface area contributed by atoms with E-state index in [1.54, 1.807) is 0 Å². The van der Waals surface area contributed by atoms with Gasteiger partial charge in [-0.05, 0) is 30.9 Å². The summed E-state index contributed by atoms with van der Waals surface area (Å²) in [6, 6.07) is 8.29. The first-order valence-corrected chi connectivity index (χ1v) is 9.11. The minimum absolute atomic E-state index is 0.267. The molecule has 0 radical (unpaired) electrons. The smallest absolute Gasteiger partial charge is 0.222 e. The van der Waals surface area contributed by atoms with Crippen molar-refractivity contribution in [1.29, 1.82) is 0 Å². The van der Waals surface area contributed by atoms with Gasteiger partial charge in [0.2, 0.25) is 5.91 Å². The first-order chi connectivity index (χ1) is 11.7. The summed E-state index contributed by atoms with van der Waals surface area (Å²) in [4.78, 5) is 18.5. The number of nitrogens with zero attached hydrogens (tertiary/aromatic N) is 2. The van der Waals surface area contributed by atoms with Gasteiger partial charge in [-0.1, -0.05) is 37.6 Å². The van der Waals surface area contributed by atoms with E-state index in [9.17, 15) is 4.79 Å². The maximum absolute atomic E-state index is 11.9. The van der Waals surface area contributed by atoms with Gasteiger partial charge in [0, 0.05) is 32.6 Å². The van der Waals surface area contributed by atoms with E-state index in [4.69, 9.17) is 4.99 Å². The van der Waals surface area contributed by atoms with Crippen LogP contribution in [0.4, 0.5) is 0 Å². The highest BCUT2D eigenvalue weighted by Gasteiger charge is 2.20. The molecule has 0 saturated carbocycles. The van der Waals surface area contributed by atoms with Crippen molar-refractivity contribution in [2.45, 2.75) is 52.6 Å². The van der Waals surface area contributed by atoms with Crippen molar-refractivity contribution in [2.24, 2.45) is 4.99 Å². The molecule has 2 N–H and O–H groups in total. The van der Waals surface area contributed by atoms with Crippen LogP contribution in [0.25, 0.3) is 0 Å². The van der Waals surface area contributed by atoms with Gasteiger partial charge in [0.15, 0.2) is 5.96 Å². The highest BCUT2D eigenvalue weighted by atomic mass is 16.2. The van der Waals surface area contributed by atoms with Crippen molar-refractivity contribution < 1.29 is 4.79 Å². The van der Waals surface area contributed by atoms with Gasteiger partial charge in [-0.2, -0.15) is 0 Å². The zero-order chi connectivity index (χ0) is 17.2. The molecule has 0 unspecified atom stereocenters. The summed E-state index contributed by atoms with van der Waals surface area (Å²) in [6.07, 6.45) is 3.97. The summed E-state index contributed by atoms with van der Waals surface area (Å²) in [5.74, 6) is 1.13. The zero-order valence-electron chi connectivity index (χ0n) is 15.0. The lowest BCUT2D eigenvalue weighted by Crippen LogP contribution is -2.37. The molecule has 0 spiro atoms. The lowest BCUT2D eigenvalue weighted by molar-refractivity contribution is -0.128. The Labute approximate surface area is 145 Å². The van der Waals surface area contributed by atoms with Crippen LogP contribution in [0.3, 0.4) is 0 Å². The lowest BCUT2D eigenvalue weighted by Gasteiger charge is -2.18. The molecule has 2 rings (SSSR count). The highest BCUT2D eigenvalue weighted by molar-refractivity contribution is 5.79. The number of hydrogen-bond acceptors (Lipinski definition) is 2. The molecule has 1 saturated heterocycles. The Balaban J connectivity index is 2.01. The second-order valence-corrected chi connectivity index (χ2v) is 6.16. The van der Waals surface area contributed by atoms with Crippen LogP contribution in [-0.4, -0.2) is 36.4 Å². The third-order valence-corrected chi connectivity index (χ3v) is 4.23. The molecule has 1 amide bonds. The Hall–Kier alpha value is -2.04. The van der Waals surface area contributed by atoms with Gasteiger partial charge in [-0.25, -0.2) is 4.99 Å². The van der Waals surface area contributed by atoms with Gasteiger partial charge < -0.3 is 15.5 Å². The fourth-order valence-electron chi connectivity index (χ4n) is 2.83. The van der Waals surface area contributed by atoms with Gasteiger partial charge in [0.05, 0.1) is 6.54 Å². The summed E-state index contributed by atoms with van der Waals surface area (Å²) in [7, 11) is 0. The Morgan fingerprint density at radius 3 is 2.67 bits per heavy atom. The van der Waals surface area contributed by atoms with Crippen LogP contribution in [-0.2, 0) is 17.9 Å². The van der Waals surface area contributed by atoms with E-state index in [0.717, 1.165) is 38.4 Å². The monoisotopic (exact) mass is 330 g/mol. The Morgan fingerprint density at radius 1 is 1.21 bits per heavy atom. The molecule has 1 fully saturated rings. The molecule has 0 aromatic heterocycles. The van der Waals surface area contributed by atoms with Crippen molar-refractivity contribution in [3.8, 4) is 0 Å². The molecule has 5 nitrogen and oxygen atoms in total. The topological polar surface area (TPSA) is 56.7 Å². The maximum atomic E-state index is 11.9. The maximum Gasteiger partial charge on any atom is 0.222 e. The molecule has 0 atom stereocenters. The molecule has 0 bridgehead atoms. The Morgan fingerprint density at radius 2 is 2.00 bits per heavy atom. The third kappa shape index (κ3) is 5.55. The van der Waals surface area contributed by atoms with E-state index in [2.05, 4.69) is 36.6 Å². The minimum atomic E-state index is 0.267. The molecule has 132 valence electrons. The molecule has 5 heteroatoms. The normalized spacial score (nSPS) is 15.0. The van der Waals surface area contributed by atoms with Crippen LogP contribution < -0.4 is 10.6 Å². The Bertz CT molecular complexity index is 556. The fourth-order valence-corrected chi connectivity index (χ4v) is 2.83. The van der Waals surface area contributed by atoms with Crippen LogP contribution in [0.5, 0.6) is 0 Å². The number of aliphatic imine (C=N–C) groups is 1.